The molecule has 0 bridgehead atoms. The number of amides is 1. The molecule has 160 valence electrons. The molecule has 0 aromatic heterocycles. The van der Waals surface area contributed by atoms with Crippen molar-refractivity contribution >= 4 is 11.6 Å². The zero-order valence-corrected chi connectivity index (χ0v) is 18.0. The molecule has 0 radical (unpaired) electrons. The van der Waals surface area contributed by atoms with Crippen molar-refractivity contribution in [3.8, 4) is 11.5 Å². The fourth-order valence-electron chi connectivity index (χ4n) is 3.69. The predicted octanol–water partition coefficient (Wildman–Crippen LogP) is 4.59. The Morgan fingerprint density at radius 2 is 1.71 bits per heavy atom. The largest absolute Gasteiger partial charge is 0.486 e. The topological polar surface area (TPSA) is 59.6 Å². The minimum absolute atomic E-state index is 0.0675. The van der Waals surface area contributed by atoms with Gasteiger partial charge in [0.25, 0.3) is 0 Å². The second-order valence-corrected chi connectivity index (χ2v) is 7.83. The number of hydrogen-bond acceptors (Lipinski definition) is 4. The van der Waals surface area contributed by atoms with Crippen molar-refractivity contribution in [2.45, 2.75) is 26.3 Å². The van der Waals surface area contributed by atoms with Crippen LogP contribution in [0.4, 0.5) is 5.69 Å². The van der Waals surface area contributed by atoms with Crippen molar-refractivity contribution in [3.63, 3.8) is 0 Å². The molecule has 0 fully saturated rings. The van der Waals surface area contributed by atoms with Crippen molar-refractivity contribution in [2.24, 2.45) is 0 Å². The van der Waals surface area contributed by atoms with Gasteiger partial charge in [-0.25, -0.2) is 0 Å². The summed E-state index contributed by atoms with van der Waals surface area (Å²) in [5.74, 6) is 1.51. The molecule has 0 saturated carbocycles. The van der Waals surface area contributed by atoms with Crippen LogP contribution in [0.3, 0.4) is 0 Å². The first-order chi connectivity index (χ1) is 15.1. The average molecular weight is 417 g/mol. The highest BCUT2D eigenvalue weighted by Gasteiger charge is 2.21. The lowest BCUT2D eigenvalue weighted by Crippen LogP contribution is -2.34. The van der Waals surface area contributed by atoms with Crippen molar-refractivity contribution in [3.05, 3.63) is 89.0 Å². The molecular weight excluding hydrogens is 388 g/mol. The fraction of sp³-hybridized carbons (Fsp3) is 0.269. The van der Waals surface area contributed by atoms with E-state index in [2.05, 4.69) is 10.6 Å². The standard InChI is InChI=1S/C26H28N2O3/c1-18-8-9-19(2)22(16-18)28-26(29)25(21-6-4-3-5-7-21)27-13-12-20-10-11-23-24(17-20)31-15-14-30-23/h3-11,16-17,25,27H,12-15H2,1-2H3,(H,28,29)/t25-/m1/s1. The van der Waals surface area contributed by atoms with Gasteiger partial charge in [-0.15, -0.1) is 0 Å². The zero-order valence-electron chi connectivity index (χ0n) is 18.0. The van der Waals surface area contributed by atoms with E-state index in [9.17, 15) is 4.79 Å². The Kier molecular flexibility index (Phi) is 6.53. The molecule has 5 nitrogen and oxygen atoms in total. The van der Waals surface area contributed by atoms with Crippen LogP contribution in [0.15, 0.2) is 66.7 Å². The Balaban J connectivity index is 1.45. The highest BCUT2D eigenvalue weighted by Crippen LogP contribution is 2.31. The summed E-state index contributed by atoms with van der Waals surface area (Å²) in [7, 11) is 0. The van der Waals surface area contributed by atoms with Crippen LogP contribution in [-0.4, -0.2) is 25.7 Å². The summed E-state index contributed by atoms with van der Waals surface area (Å²) < 4.78 is 11.3. The normalized spacial score (nSPS) is 13.5. The lowest BCUT2D eigenvalue weighted by molar-refractivity contribution is -0.118. The molecule has 3 aromatic rings. The van der Waals surface area contributed by atoms with Crippen molar-refractivity contribution in [1.82, 2.24) is 5.32 Å². The number of benzene rings is 3. The van der Waals surface area contributed by atoms with Gasteiger partial charge in [0.1, 0.15) is 19.3 Å². The summed E-state index contributed by atoms with van der Waals surface area (Å²) in [5.41, 5.74) is 5.08. The van der Waals surface area contributed by atoms with Crippen LogP contribution >= 0.6 is 0 Å². The van der Waals surface area contributed by atoms with Gasteiger partial charge in [-0.2, -0.15) is 0 Å². The van der Waals surface area contributed by atoms with Gasteiger partial charge in [-0.1, -0.05) is 48.5 Å². The van der Waals surface area contributed by atoms with Crippen LogP contribution in [-0.2, 0) is 11.2 Å². The average Bonchev–Trinajstić information content (AvgIpc) is 2.79. The maximum atomic E-state index is 13.2. The molecule has 2 N–H and O–H groups in total. The van der Waals surface area contributed by atoms with Gasteiger partial charge >= 0.3 is 0 Å². The molecule has 1 amide bonds. The molecule has 1 heterocycles. The van der Waals surface area contributed by atoms with Gasteiger partial charge in [0, 0.05) is 12.2 Å². The molecule has 1 aliphatic rings. The van der Waals surface area contributed by atoms with Crippen molar-refractivity contribution in [2.75, 3.05) is 25.1 Å². The van der Waals surface area contributed by atoms with Gasteiger partial charge in [0.15, 0.2) is 11.5 Å². The maximum absolute atomic E-state index is 13.2. The number of carbonyl (C=O) groups excluding carboxylic acids is 1. The summed E-state index contributed by atoms with van der Waals surface area (Å²) in [6.45, 7) is 5.84. The number of hydrogen-bond donors (Lipinski definition) is 2. The third-order valence-electron chi connectivity index (χ3n) is 5.41. The molecule has 0 aliphatic carbocycles. The van der Waals surface area contributed by atoms with Crippen LogP contribution in [0.2, 0.25) is 0 Å². The number of fused-ring (bicyclic) bond motifs is 1. The number of anilines is 1. The molecule has 4 rings (SSSR count). The second-order valence-electron chi connectivity index (χ2n) is 7.83. The summed E-state index contributed by atoms with van der Waals surface area (Å²) in [4.78, 5) is 13.2. The molecule has 1 aliphatic heterocycles. The van der Waals surface area contributed by atoms with E-state index in [4.69, 9.17) is 9.47 Å². The first-order valence-electron chi connectivity index (χ1n) is 10.6. The highest BCUT2D eigenvalue weighted by molar-refractivity contribution is 5.96. The first kappa shape index (κ1) is 20.9. The van der Waals surface area contributed by atoms with E-state index in [1.165, 1.54) is 0 Å². The SMILES string of the molecule is Cc1ccc(C)c(NC(=O)[C@H](NCCc2ccc3c(c2)OCCO3)c2ccccc2)c1. The van der Waals surface area contributed by atoms with E-state index in [1.807, 2.05) is 80.6 Å². The molecule has 3 aromatic carbocycles. The molecule has 0 unspecified atom stereocenters. The van der Waals surface area contributed by atoms with Crippen LogP contribution in [0.1, 0.15) is 28.3 Å². The van der Waals surface area contributed by atoms with Gasteiger partial charge in [-0.3, -0.25) is 4.79 Å². The van der Waals surface area contributed by atoms with Crippen LogP contribution in [0.5, 0.6) is 11.5 Å². The number of carbonyl (C=O) groups is 1. The Morgan fingerprint density at radius 1 is 0.935 bits per heavy atom. The Hall–Kier alpha value is -3.31. The Bertz CT molecular complexity index is 1050. The van der Waals surface area contributed by atoms with Gasteiger partial charge in [-0.05, 0) is 60.7 Å². The summed E-state index contributed by atoms with van der Waals surface area (Å²) in [5, 5.41) is 6.54. The molecule has 31 heavy (non-hydrogen) atoms. The van der Waals surface area contributed by atoms with E-state index in [1.54, 1.807) is 0 Å². The third-order valence-corrected chi connectivity index (χ3v) is 5.41. The van der Waals surface area contributed by atoms with Gasteiger partial charge < -0.3 is 20.1 Å². The summed E-state index contributed by atoms with van der Waals surface area (Å²) in [6.07, 6.45) is 0.775. The summed E-state index contributed by atoms with van der Waals surface area (Å²) >= 11 is 0. The van der Waals surface area contributed by atoms with Gasteiger partial charge in [0.2, 0.25) is 5.91 Å². The van der Waals surface area contributed by atoms with E-state index in [0.717, 1.165) is 45.9 Å². The Labute approximate surface area is 183 Å². The van der Waals surface area contributed by atoms with Crippen LogP contribution in [0.25, 0.3) is 0 Å². The smallest absolute Gasteiger partial charge is 0.246 e. The molecule has 0 saturated heterocycles. The lowest BCUT2D eigenvalue weighted by Gasteiger charge is -2.21. The molecule has 1 atom stereocenters. The van der Waals surface area contributed by atoms with Crippen LogP contribution < -0.4 is 20.1 Å². The van der Waals surface area contributed by atoms with E-state index in [0.29, 0.717) is 19.8 Å². The Morgan fingerprint density at radius 3 is 2.52 bits per heavy atom. The van der Waals surface area contributed by atoms with E-state index >= 15 is 0 Å². The number of ether oxygens (including phenoxy) is 2. The molecule has 5 heteroatoms. The van der Waals surface area contributed by atoms with E-state index in [-0.39, 0.29) is 5.91 Å². The molecular formula is C26H28N2O3. The monoisotopic (exact) mass is 416 g/mol. The zero-order chi connectivity index (χ0) is 21.6. The minimum Gasteiger partial charge on any atom is -0.486 e. The van der Waals surface area contributed by atoms with Crippen molar-refractivity contribution < 1.29 is 14.3 Å². The lowest BCUT2D eigenvalue weighted by atomic mass is 10.0. The second kappa shape index (κ2) is 9.67. The van der Waals surface area contributed by atoms with Gasteiger partial charge in [0.05, 0.1) is 0 Å². The van der Waals surface area contributed by atoms with Crippen molar-refractivity contribution in [1.29, 1.82) is 0 Å². The quantitative estimate of drug-likeness (QED) is 0.592. The van der Waals surface area contributed by atoms with Crippen LogP contribution in [0, 0.1) is 13.8 Å². The predicted molar refractivity (Wildman–Crippen MR) is 123 cm³/mol. The minimum atomic E-state index is -0.446. The third kappa shape index (κ3) is 5.25. The number of nitrogens with one attached hydrogen (secondary N) is 2. The molecule has 0 spiro atoms. The number of rotatable bonds is 7. The highest BCUT2D eigenvalue weighted by atomic mass is 16.6. The van der Waals surface area contributed by atoms with E-state index < -0.39 is 6.04 Å². The number of aryl methyl sites for hydroxylation is 2. The first-order valence-corrected chi connectivity index (χ1v) is 10.6. The fourth-order valence-corrected chi connectivity index (χ4v) is 3.69. The maximum Gasteiger partial charge on any atom is 0.246 e. The summed E-state index contributed by atoms with van der Waals surface area (Å²) in [6, 6.07) is 21.5.